The molecule has 0 saturated carbocycles. The van der Waals surface area contributed by atoms with E-state index in [0.29, 0.717) is 25.3 Å². The molecule has 0 aromatic heterocycles. The average molecular weight is 502 g/mol. The maximum Gasteiger partial charge on any atom is 0.337 e. The van der Waals surface area contributed by atoms with E-state index in [4.69, 9.17) is 9.26 Å². The fourth-order valence-electron chi connectivity index (χ4n) is 4.88. The van der Waals surface area contributed by atoms with Gasteiger partial charge in [0.2, 0.25) is 0 Å². The van der Waals surface area contributed by atoms with E-state index in [-0.39, 0.29) is 5.92 Å². The van der Waals surface area contributed by atoms with Gasteiger partial charge in [-0.25, -0.2) is 4.67 Å². The zero-order valence-corrected chi connectivity index (χ0v) is 22.3. The Hall–Kier alpha value is -2.91. The fourth-order valence-corrected chi connectivity index (χ4v) is 7.63. The smallest absolute Gasteiger partial charge is 0.337 e. The van der Waals surface area contributed by atoms with E-state index in [0.717, 1.165) is 23.1 Å². The maximum atomic E-state index is 15.2. The van der Waals surface area contributed by atoms with Gasteiger partial charge >= 0.3 is 7.52 Å². The lowest BCUT2D eigenvalue weighted by Crippen LogP contribution is -2.49. The van der Waals surface area contributed by atoms with Gasteiger partial charge in [-0.2, -0.15) is 0 Å². The van der Waals surface area contributed by atoms with Crippen LogP contribution in [-0.2, 0) is 19.4 Å². The number of benzene rings is 3. The average Bonchev–Trinajstić information content (AvgIpc) is 2.91. The lowest BCUT2D eigenvalue weighted by Gasteiger charge is -2.50. The minimum absolute atomic E-state index is 0.142. The van der Waals surface area contributed by atoms with Crippen molar-refractivity contribution in [2.75, 3.05) is 19.8 Å². The molecule has 0 spiro atoms. The molecule has 4 nitrogen and oxygen atoms in total. The Kier molecular flexibility index (Phi) is 8.64. The Balaban J connectivity index is 2.04. The van der Waals surface area contributed by atoms with Gasteiger partial charge in [-0.3, -0.25) is 4.57 Å². The van der Waals surface area contributed by atoms with Gasteiger partial charge in [-0.05, 0) is 42.0 Å². The molecular weight excluding hydrogens is 465 g/mol. The van der Waals surface area contributed by atoms with Gasteiger partial charge in [-0.1, -0.05) is 117 Å². The van der Waals surface area contributed by atoms with E-state index < -0.39 is 13.1 Å². The van der Waals surface area contributed by atoms with Crippen molar-refractivity contribution < 1.29 is 13.8 Å². The normalized spacial score (nSPS) is 19.6. The zero-order valence-electron chi connectivity index (χ0n) is 21.4. The van der Waals surface area contributed by atoms with Crippen LogP contribution in [0.25, 0.3) is 0 Å². The summed E-state index contributed by atoms with van der Waals surface area (Å²) in [7, 11) is -3.61. The highest BCUT2D eigenvalue weighted by Crippen LogP contribution is 2.67. The van der Waals surface area contributed by atoms with E-state index in [1.165, 1.54) is 0 Å². The van der Waals surface area contributed by atoms with Gasteiger partial charge < -0.3 is 9.26 Å². The summed E-state index contributed by atoms with van der Waals surface area (Å²) < 4.78 is 29.8. The van der Waals surface area contributed by atoms with Crippen LogP contribution in [0.1, 0.15) is 43.9 Å². The van der Waals surface area contributed by atoms with Gasteiger partial charge in [0.1, 0.15) is 12.1 Å². The molecule has 0 radical (unpaired) electrons. The van der Waals surface area contributed by atoms with Crippen LogP contribution >= 0.6 is 7.52 Å². The molecule has 1 saturated heterocycles. The lowest BCUT2D eigenvalue weighted by molar-refractivity contribution is 0.143. The molecule has 1 fully saturated rings. The van der Waals surface area contributed by atoms with Crippen molar-refractivity contribution >= 4 is 7.52 Å². The van der Waals surface area contributed by atoms with Crippen LogP contribution in [0.2, 0.25) is 0 Å². The van der Waals surface area contributed by atoms with Gasteiger partial charge in [0.15, 0.2) is 5.50 Å². The van der Waals surface area contributed by atoms with E-state index >= 15 is 4.57 Å². The van der Waals surface area contributed by atoms with Crippen LogP contribution in [0, 0.1) is 5.92 Å². The van der Waals surface area contributed by atoms with Crippen molar-refractivity contribution in [3.05, 3.63) is 131 Å². The molecule has 0 bridgehead atoms. The lowest BCUT2D eigenvalue weighted by atomic mass is 9.77. The highest BCUT2D eigenvalue weighted by atomic mass is 31.2. The third-order valence-electron chi connectivity index (χ3n) is 6.38. The number of hydrogen-bond acceptors (Lipinski definition) is 3. The minimum atomic E-state index is -3.61. The van der Waals surface area contributed by atoms with Crippen LogP contribution < -0.4 is 0 Å². The van der Waals surface area contributed by atoms with Crippen molar-refractivity contribution in [2.45, 2.75) is 32.7 Å². The van der Waals surface area contributed by atoms with E-state index in [9.17, 15) is 0 Å². The molecule has 188 valence electrons. The number of rotatable bonds is 9. The molecule has 3 aromatic carbocycles. The molecule has 1 atom stereocenters. The Morgan fingerprint density at radius 2 is 1.44 bits per heavy atom. The number of allylic oxidation sites excluding steroid dienone is 2. The second-order valence-corrected chi connectivity index (χ2v) is 11.5. The standard InChI is InChI=1S/C31H36NO3P/c1-4-5-23-34-30(25-26(2)3)36(33)32(22-15-24-35-36)31(27-16-9-6-10-17-27,28-18-11-7-12-19-28)29-20-13-8-14-21-29/h4-14,16-21,25-26H,15,22-24H2,1-3H3/b5-4+,30-25+. The summed E-state index contributed by atoms with van der Waals surface area (Å²) in [5.74, 6) is 0.142. The molecule has 36 heavy (non-hydrogen) atoms. The van der Waals surface area contributed by atoms with Crippen molar-refractivity contribution in [3.63, 3.8) is 0 Å². The second kappa shape index (κ2) is 11.9. The third kappa shape index (κ3) is 5.13. The molecule has 1 aliphatic rings. The molecule has 3 aromatic rings. The van der Waals surface area contributed by atoms with E-state index in [1.807, 2.05) is 79.7 Å². The predicted octanol–water partition coefficient (Wildman–Crippen LogP) is 7.98. The van der Waals surface area contributed by atoms with Crippen molar-refractivity contribution in [3.8, 4) is 0 Å². The molecule has 4 rings (SSSR count). The summed E-state index contributed by atoms with van der Waals surface area (Å²) in [5.41, 5.74) is 2.67. The first kappa shape index (κ1) is 26.2. The molecule has 5 heteroatoms. The van der Waals surface area contributed by atoms with Crippen molar-refractivity contribution in [1.29, 1.82) is 0 Å². The summed E-state index contributed by atoms with van der Waals surface area (Å²) in [5, 5.41) is 0. The number of ether oxygens (including phenoxy) is 1. The number of hydrogen-bond donors (Lipinski definition) is 0. The Bertz CT molecular complexity index is 1110. The first-order valence-corrected chi connectivity index (χ1v) is 14.3. The highest BCUT2D eigenvalue weighted by Gasteiger charge is 2.54. The van der Waals surface area contributed by atoms with Gasteiger partial charge in [0, 0.05) is 6.54 Å². The second-order valence-electron chi connectivity index (χ2n) is 9.27. The summed E-state index contributed by atoms with van der Waals surface area (Å²) in [4.78, 5) is 0. The zero-order chi connectivity index (χ0) is 25.4. The quantitative estimate of drug-likeness (QED) is 0.129. The summed E-state index contributed by atoms with van der Waals surface area (Å²) in [6, 6.07) is 31.0. The summed E-state index contributed by atoms with van der Waals surface area (Å²) >= 11 is 0. The predicted molar refractivity (Wildman–Crippen MR) is 148 cm³/mol. The van der Waals surface area contributed by atoms with Gasteiger partial charge in [-0.15, -0.1) is 0 Å². The first-order chi connectivity index (χ1) is 17.5. The van der Waals surface area contributed by atoms with Crippen LogP contribution in [-0.4, -0.2) is 24.4 Å². The largest absolute Gasteiger partial charge is 0.483 e. The van der Waals surface area contributed by atoms with Gasteiger partial charge in [0.05, 0.1) is 6.61 Å². The molecule has 0 N–H and O–H groups in total. The molecule has 1 heterocycles. The SMILES string of the molecule is C/C=C/CO/C(=C\C(C)C)P1(=O)OCCCN1C(c1ccccc1)(c1ccccc1)c1ccccc1. The molecule has 0 aliphatic carbocycles. The van der Waals surface area contributed by atoms with E-state index in [2.05, 4.69) is 54.9 Å². The molecule has 1 aliphatic heterocycles. The number of nitrogens with zero attached hydrogens (tertiary/aromatic N) is 1. The van der Waals surface area contributed by atoms with Crippen LogP contribution in [0.5, 0.6) is 0 Å². The minimum Gasteiger partial charge on any atom is -0.483 e. The topological polar surface area (TPSA) is 38.8 Å². The summed E-state index contributed by atoms with van der Waals surface area (Å²) in [6.45, 7) is 7.44. The Labute approximate surface area is 215 Å². The first-order valence-electron chi connectivity index (χ1n) is 12.7. The van der Waals surface area contributed by atoms with Crippen LogP contribution in [0.4, 0.5) is 0 Å². The summed E-state index contributed by atoms with van der Waals surface area (Å²) in [6.07, 6.45) is 6.58. The van der Waals surface area contributed by atoms with Crippen molar-refractivity contribution in [1.82, 2.24) is 4.67 Å². The fraction of sp³-hybridized carbons (Fsp3) is 0.290. The van der Waals surface area contributed by atoms with Crippen LogP contribution in [0.3, 0.4) is 0 Å². The molecule has 0 amide bonds. The van der Waals surface area contributed by atoms with Crippen molar-refractivity contribution in [2.24, 2.45) is 5.92 Å². The highest BCUT2D eigenvalue weighted by molar-refractivity contribution is 7.60. The van der Waals surface area contributed by atoms with Crippen LogP contribution in [0.15, 0.2) is 115 Å². The monoisotopic (exact) mass is 501 g/mol. The third-order valence-corrected chi connectivity index (χ3v) is 8.88. The van der Waals surface area contributed by atoms with E-state index in [1.54, 1.807) is 0 Å². The molecular formula is C31H36NO3P. The Morgan fingerprint density at radius 3 is 1.89 bits per heavy atom. The Morgan fingerprint density at radius 1 is 0.944 bits per heavy atom. The van der Waals surface area contributed by atoms with Gasteiger partial charge in [0.25, 0.3) is 0 Å². The maximum absolute atomic E-state index is 15.2. The molecule has 1 unspecified atom stereocenters.